The van der Waals surface area contributed by atoms with Crippen molar-refractivity contribution in [3.63, 3.8) is 0 Å². The standard InChI is InChI=1S/C52H85NO9/c1-15-27-53-47(56)52-24-19-36(29(3)4)41(52)37-17-18-39-49(12)22-21-40(48(11,16-2)38(49)20-23-51(39,14)50(37,13)25-26-52)61-45-43(31(6)30(5)28-57-45)62-46-44(60-35(10)55)42(59-34(9)54)32(7)33(8)58-46/h30-33,36-46H,3,15-28H2,1-2,4-14H3,(H,53,56)/t30-,31-,32-,33-,36-,37?,38-,39?,40-,41?,42+,43+,44+,45-,46?,48-,49-,50+,51+,52-/m0/s1. The van der Waals surface area contributed by atoms with Crippen LogP contribution in [0.4, 0.5) is 0 Å². The largest absolute Gasteiger partial charge is 0.458 e. The van der Waals surface area contributed by atoms with Crippen LogP contribution in [-0.2, 0) is 42.8 Å². The maximum absolute atomic E-state index is 14.3. The molecule has 2 aliphatic heterocycles. The van der Waals surface area contributed by atoms with Crippen LogP contribution >= 0.6 is 0 Å². The van der Waals surface area contributed by atoms with Crippen molar-refractivity contribution in [2.45, 2.75) is 210 Å². The third-order valence-electron chi connectivity index (χ3n) is 20.2. The second kappa shape index (κ2) is 17.7. The molecule has 4 unspecified atom stereocenters. The smallest absolute Gasteiger partial charge is 0.303 e. The molecular weight excluding hydrogens is 783 g/mol. The Morgan fingerprint density at radius 1 is 0.726 bits per heavy atom. The number of esters is 2. The molecule has 10 heteroatoms. The van der Waals surface area contributed by atoms with E-state index in [-0.39, 0.29) is 57.0 Å². The molecule has 7 fully saturated rings. The Balaban J connectivity index is 1.14. The van der Waals surface area contributed by atoms with Gasteiger partial charge in [0.2, 0.25) is 5.91 Å². The second-order valence-corrected chi connectivity index (χ2v) is 23.0. The fraction of sp³-hybridized carbons (Fsp3) is 0.904. The molecule has 0 bridgehead atoms. The summed E-state index contributed by atoms with van der Waals surface area (Å²) >= 11 is 0. The van der Waals surface area contributed by atoms with E-state index < -0.39 is 42.8 Å². The molecule has 1 N–H and O–H groups in total. The summed E-state index contributed by atoms with van der Waals surface area (Å²) in [5.41, 5.74) is 1.39. The highest BCUT2D eigenvalue weighted by Crippen LogP contribution is 2.78. The number of carbonyl (C=O) groups excluding carboxylic acids is 3. The van der Waals surface area contributed by atoms with Gasteiger partial charge in [0.15, 0.2) is 18.7 Å². The molecule has 5 aliphatic carbocycles. The molecule has 1 amide bonds. The van der Waals surface area contributed by atoms with Gasteiger partial charge in [0, 0.05) is 26.3 Å². The Bertz CT molecular complexity index is 1690. The zero-order valence-corrected chi connectivity index (χ0v) is 40.9. The van der Waals surface area contributed by atoms with E-state index in [0.29, 0.717) is 42.1 Å². The van der Waals surface area contributed by atoms with Crippen molar-refractivity contribution in [1.82, 2.24) is 5.32 Å². The molecule has 0 radical (unpaired) electrons. The van der Waals surface area contributed by atoms with Gasteiger partial charge in [-0.15, -0.1) is 0 Å². The minimum absolute atomic E-state index is 0.0328. The number of nitrogens with one attached hydrogen (secondary N) is 1. The summed E-state index contributed by atoms with van der Waals surface area (Å²) in [6.07, 6.45) is 8.88. The summed E-state index contributed by atoms with van der Waals surface area (Å²) in [6, 6.07) is 0. The van der Waals surface area contributed by atoms with E-state index >= 15 is 0 Å². The maximum Gasteiger partial charge on any atom is 0.303 e. The first-order valence-electron chi connectivity index (χ1n) is 25.0. The van der Waals surface area contributed by atoms with Crippen molar-refractivity contribution in [3.05, 3.63) is 12.2 Å². The van der Waals surface area contributed by atoms with Gasteiger partial charge in [0.25, 0.3) is 0 Å². The fourth-order valence-electron chi connectivity index (χ4n) is 16.1. The van der Waals surface area contributed by atoms with Crippen molar-refractivity contribution in [2.24, 2.45) is 74.4 Å². The number of hydrogen-bond donors (Lipinski definition) is 1. The number of rotatable bonds is 11. The minimum Gasteiger partial charge on any atom is -0.458 e. The average molecular weight is 868 g/mol. The molecule has 0 aromatic rings. The SMILES string of the molecule is C=C(C)[C@@H]1CC[C@]2(C(=O)NCCC)CC[C@]3(C)C(CCC4[C@@]5(C)CC[C@H](O[C@@H]6OC[C@H](C)[C@H](C)[C@H]6OC6O[C@@H](C)[C@H](C)[C@@H](OC(C)=O)[C@H]6OC(C)=O)[C@@](C)(CC)[C@@H]5CC[C@]43C)C12. The highest BCUT2D eigenvalue weighted by atomic mass is 16.8. The summed E-state index contributed by atoms with van der Waals surface area (Å²) in [5, 5.41) is 3.40. The molecule has 0 spiro atoms. The molecule has 7 rings (SSSR count). The second-order valence-electron chi connectivity index (χ2n) is 23.0. The number of allylic oxidation sites excluding steroid dienone is 1. The van der Waals surface area contributed by atoms with Gasteiger partial charge in [-0.1, -0.05) is 74.5 Å². The topological polar surface area (TPSA) is 119 Å². The lowest BCUT2D eigenvalue weighted by molar-refractivity contribution is -0.353. The van der Waals surface area contributed by atoms with Gasteiger partial charge < -0.3 is 33.7 Å². The number of carbonyl (C=O) groups is 3. The highest BCUT2D eigenvalue weighted by molar-refractivity contribution is 5.84. The van der Waals surface area contributed by atoms with Crippen LogP contribution in [0.2, 0.25) is 0 Å². The van der Waals surface area contributed by atoms with Gasteiger partial charge in [-0.05, 0) is 154 Å². The lowest BCUT2D eigenvalue weighted by Gasteiger charge is -2.73. The zero-order valence-electron chi connectivity index (χ0n) is 40.9. The Kier molecular flexibility index (Phi) is 13.7. The van der Waals surface area contributed by atoms with E-state index in [1.54, 1.807) is 0 Å². The Labute approximate surface area is 374 Å². The quantitative estimate of drug-likeness (QED) is 0.123. The van der Waals surface area contributed by atoms with Crippen molar-refractivity contribution in [1.29, 1.82) is 0 Å². The van der Waals surface area contributed by atoms with E-state index in [0.717, 1.165) is 57.9 Å². The van der Waals surface area contributed by atoms with E-state index in [1.165, 1.54) is 45.1 Å². The molecule has 0 aromatic heterocycles. The number of fused-ring (bicyclic) bond motifs is 7. The fourth-order valence-corrected chi connectivity index (χ4v) is 16.1. The van der Waals surface area contributed by atoms with E-state index in [9.17, 15) is 14.4 Å². The Morgan fingerprint density at radius 2 is 1.42 bits per heavy atom. The van der Waals surface area contributed by atoms with E-state index in [1.807, 2.05) is 13.8 Å². The van der Waals surface area contributed by atoms with Crippen LogP contribution in [0.1, 0.15) is 167 Å². The first-order chi connectivity index (χ1) is 29.1. The highest BCUT2D eigenvalue weighted by Gasteiger charge is 2.72. The van der Waals surface area contributed by atoms with Crippen LogP contribution < -0.4 is 5.32 Å². The zero-order chi connectivity index (χ0) is 45.3. The summed E-state index contributed by atoms with van der Waals surface area (Å²) in [7, 11) is 0. The third-order valence-corrected chi connectivity index (χ3v) is 20.2. The van der Waals surface area contributed by atoms with Gasteiger partial charge in [0.1, 0.15) is 12.2 Å². The lowest BCUT2D eigenvalue weighted by atomic mass is 9.32. The molecule has 20 atom stereocenters. The number of amides is 1. The summed E-state index contributed by atoms with van der Waals surface area (Å²) in [6.45, 7) is 34.0. The Hall–Kier alpha value is -2.01. The van der Waals surface area contributed by atoms with Crippen LogP contribution in [0.15, 0.2) is 12.2 Å². The molecule has 7 aliphatic rings. The van der Waals surface area contributed by atoms with Gasteiger partial charge in [-0.2, -0.15) is 0 Å². The Morgan fingerprint density at radius 3 is 2.06 bits per heavy atom. The maximum atomic E-state index is 14.3. The number of ether oxygens (including phenoxy) is 6. The molecule has 62 heavy (non-hydrogen) atoms. The molecule has 2 heterocycles. The normalized spacial score (nSPS) is 49.9. The van der Waals surface area contributed by atoms with E-state index in [2.05, 4.69) is 74.2 Å². The number of hydrogen-bond acceptors (Lipinski definition) is 9. The first kappa shape index (κ1) is 47.9. The van der Waals surface area contributed by atoms with Gasteiger partial charge in [0.05, 0.1) is 24.2 Å². The molecule has 0 aromatic carbocycles. The lowest BCUT2D eigenvalue weighted by Crippen LogP contribution is -2.68. The van der Waals surface area contributed by atoms with Crippen LogP contribution in [-0.4, -0.2) is 74.1 Å². The van der Waals surface area contributed by atoms with Gasteiger partial charge in [-0.3, -0.25) is 14.4 Å². The molecule has 2 saturated heterocycles. The van der Waals surface area contributed by atoms with Crippen LogP contribution in [0.5, 0.6) is 0 Å². The van der Waals surface area contributed by atoms with Crippen molar-refractivity contribution >= 4 is 17.8 Å². The van der Waals surface area contributed by atoms with E-state index in [4.69, 9.17) is 28.4 Å². The summed E-state index contributed by atoms with van der Waals surface area (Å²) in [5.74, 6) is 1.78. The van der Waals surface area contributed by atoms with Gasteiger partial charge in [-0.25, -0.2) is 0 Å². The minimum atomic E-state index is -0.966. The summed E-state index contributed by atoms with van der Waals surface area (Å²) < 4.78 is 38.9. The van der Waals surface area contributed by atoms with Crippen LogP contribution in [0, 0.1) is 74.4 Å². The predicted molar refractivity (Wildman–Crippen MR) is 239 cm³/mol. The van der Waals surface area contributed by atoms with Crippen LogP contribution in [0.25, 0.3) is 0 Å². The summed E-state index contributed by atoms with van der Waals surface area (Å²) in [4.78, 5) is 39.0. The molecular formula is C52H85NO9. The first-order valence-corrected chi connectivity index (χ1v) is 25.0. The third kappa shape index (κ3) is 7.64. The van der Waals surface area contributed by atoms with Crippen molar-refractivity contribution in [3.8, 4) is 0 Å². The van der Waals surface area contributed by atoms with Gasteiger partial charge >= 0.3 is 11.9 Å². The van der Waals surface area contributed by atoms with Crippen molar-refractivity contribution in [2.75, 3.05) is 13.2 Å². The molecule has 10 nitrogen and oxygen atoms in total. The van der Waals surface area contributed by atoms with Crippen molar-refractivity contribution < 1.29 is 42.8 Å². The van der Waals surface area contributed by atoms with Crippen LogP contribution in [0.3, 0.4) is 0 Å². The monoisotopic (exact) mass is 868 g/mol. The average Bonchev–Trinajstić information content (AvgIpc) is 3.62. The molecule has 352 valence electrons. The molecule has 5 saturated carbocycles. The predicted octanol–water partition coefficient (Wildman–Crippen LogP) is 10.2.